The Morgan fingerprint density at radius 1 is 1.08 bits per heavy atom. The molecule has 2 aromatic carbocycles. The summed E-state index contributed by atoms with van der Waals surface area (Å²) in [5.74, 6) is -0.170. The molecule has 0 saturated carbocycles. The molecule has 1 N–H and O–H groups in total. The largest absolute Gasteiger partial charge is 0.338 e. The number of carbonyl (C=O) groups is 2. The summed E-state index contributed by atoms with van der Waals surface area (Å²) in [6.07, 6.45) is 0.244. The molecule has 2 rings (SSSR count). The lowest BCUT2D eigenvalue weighted by Crippen LogP contribution is -2.31. The predicted molar refractivity (Wildman–Crippen MR) is 102 cm³/mol. The van der Waals surface area contributed by atoms with E-state index in [2.05, 4.69) is 5.32 Å². The second-order valence-corrected chi connectivity index (χ2v) is 6.62. The van der Waals surface area contributed by atoms with E-state index in [1.54, 1.807) is 23.1 Å². The topological polar surface area (TPSA) is 49.4 Å². The third-order valence-electron chi connectivity index (χ3n) is 4.01. The fourth-order valence-electron chi connectivity index (χ4n) is 2.48. The number of amides is 2. The van der Waals surface area contributed by atoms with E-state index in [9.17, 15) is 9.59 Å². The summed E-state index contributed by atoms with van der Waals surface area (Å²) in [5, 5.41) is 3.50. The van der Waals surface area contributed by atoms with Crippen molar-refractivity contribution < 1.29 is 9.59 Å². The molecule has 0 fully saturated rings. The van der Waals surface area contributed by atoms with Gasteiger partial charge in [-0.05, 0) is 43.2 Å². The number of carbonyl (C=O) groups excluding carboxylic acids is 2. The Hall–Kier alpha value is -2.33. The van der Waals surface area contributed by atoms with Gasteiger partial charge in [-0.15, -0.1) is 0 Å². The molecule has 0 aromatic heterocycles. The van der Waals surface area contributed by atoms with Crippen LogP contribution in [0.3, 0.4) is 0 Å². The molecule has 2 aromatic rings. The van der Waals surface area contributed by atoms with Crippen molar-refractivity contribution in [3.63, 3.8) is 0 Å². The van der Waals surface area contributed by atoms with Crippen LogP contribution in [0.2, 0.25) is 5.02 Å². The van der Waals surface area contributed by atoms with E-state index in [0.29, 0.717) is 18.1 Å². The quantitative estimate of drug-likeness (QED) is 0.835. The second-order valence-electron chi connectivity index (χ2n) is 6.18. The van der Waals surface area contributed by atoms with E-state index in [4.69, 9.17) is 11.6 Å². The van der Waals surface area contributed by atoms with Gasteiger partial charge in [-0.3, -0.25) is 9.59 Å². The third-order valence-corrected chi connectivity index (χ3v) is 4.25. The zero-order chi connectivity index (χ0) is 18.4. The molecule has 25 heavy (non-hydrogen) atoms. The normalized spacial score (nSPS) is 10.4. The molecular weight excluding hydrogens is 336 g/mol. The fourth-order valence-corrected chi connectivity index (χ4v) is 2.70. The molecule has 0 bridgehead atoms. The first-order valence-corrected chi connectivity index (χ1v) is 8.60. The summed E-state index contributed by atoms with van der Waals surface area (Å²) in [5.41, 5.74) is 3.87. The van der Waals surface area contributed by atoms with Gasteiger partial charge in [0.05, 0.1) is 0 Å². The second kappa shape index (κ2) is 8.67. The molecule has 0 saturated heterocycles. The van der Waals surface area contributed by atoms with Crippen LogP contribution < -0.4 is 5.32 Å². The fraction of sp³-hybridized carbons (Fsp3) is 0.300. The van der Waals surface area contributed by atoms with Gasteiger partial charge in [0.2, 0.25) is 11.8 Å². The predicted octanol–water partition coefficient (Wildman–Crippen LogP) is 4.33. The Balaban J connectivity index is 1.92. The number of anilines is 1. The first-order chi connectivity index (χ1) is 11.8. The van der Waals surface area contributed by atoms with Gasteiger partial charge in [-0.1, -0.05) is 41.4 Å². The summed E-state index contributed by atoms with van der Waals surface area (Å²) < 4.78 is 0. The van der Waals surface area contributed by atoms with Crippen LogP contribution in [-0.4, -0.2) is 23.3 Å². The smallest absolute Gasteiger partial charge is 0.226 e. The number of halogens is 1. The highest BCUT2D eigenvalue weighted by Crippen LogP contribution is 2.19. The molecule has 2 amide bonds. The molecule has 4 nitrogen and oxygen atoms in total. The standard InChI is InChI=1S/C20H23ClN2O2/c1-14-4-6-17(7-5-14)13-23(16(3)24)11-10-20(25)22-19-9-8-18(21)12-15(19)2/h4-9,12H,10-11,13H2,1-3H3,(H,22,25). The molecule has 0 aliphatic rings. The van der Waals surface area contributed by atoms with Gasteiger partial charge >= 0.3 is 0 Å². The summed E-state index contributed by atoms with van der Waals surface area (Å²) in [4.78, 5) is 25.7. The van der Waals surface area contributed by atoms with Crippen molar-refractivity contribution in [2.75, 3.05) is 11.9 Å². The average molecular weight is 359 g/mol. The van der Waals surface area contributed by atoms with Crippen LogP contribution in [0.5, 0.6) is 0 Å². The van der Waals surface area contributed by atoms with E-state index < -0.39 is 0 Å². The molecule has 132 valence electrons. The molecule has 0 unspecified atom stereocenters. The van der Waals surface area contributed by atoms with Crippen molar-refractivity contribution in [1.29, 1.82) is 0 Å². The van der Waals surface area contributed by atoms with Crippen LogP contribution in [0.1, 0.15) is 30.0 Å². The number of hydrogen-bond acceptors (Lipinski definition) is 2. The van der Waals surface area contributed by atoms with Gasteiger partial charge in [0.15, 0.2) is 0 Å². The van der Waals surface area contributed by atoms with Crippen LogP contribution >= 0.6 is 11.6 Å². The molecule has 0 aliphatic carbocycles. The average Bonchev–Trinajstić information content (AvgIpc) is 2.55. The first-order valence-electron chi connectivity index (χ1n) is 8.22. The highest BCUT2D eigenvalue weighted by atomic mass is 35.5. The lowest BCUT2D eigenvalue weighted by atomic mass is 10.1. The summed E-state index contributed by atoms with van der Waals surface area (Å²) in [7, 11) is 0. The monoisotopic (exact) mass is 358 g/mol. The number of benzene rings is 2. The minimum absolute atomic E-state index is 0.0453. The van der Waals surface area contributed by atoms with Gasteiger partial charge in [-0.2, -0.15) is 0 Å². The van der Waals surface area contributed by atoms with E-state index in [1.165, 1.54) is 12.5 Å². The van der Waals surface area contributed by atoms with Crippen LogP contribution in [0.25, 0.3) is 0 Å². The lowest BCUT2D eigenvalue weighted by molar-refractivity contribution is -0.129. The Labute approximate surface area is 153 Å². The van der Waals surface area contributed by atoms with Gasteiger partial charge in [0, 0.05) is 37.1 Å². The number of rotatable bonds is 6. The van der Waals surface area contributed by atoms with Crippen molar-refractivity contribution in [2.24, 2.45) is 0 Å². The highest BCUT2D eigenvalue weighted by Gasteiger charge is 2.12. The maximum absolute atomic E-state index is 12.2. The van der Waals surface area contributed by atoms with Gasteiger partial charge in [-0.25, -0.2) is 0 Å². The van der Waals surface area contributed by atoms with Crippen LogP contribution in [0.15, 0.2) is 42.5 Å². The summed E-state index contributed by atoms with van der Waals surface area (Å²) >= 11 is 5.92. The van der Waals surface area contributed by atoms with E-state index in [1.807, 2.05) is 38.1 Å². The summed E-state index contributed by atoms with van der Waals surface area (Å²) in [6.45, 7) is 6.32. The molecule has 0 spiro atoms. The maximum Gasteiger partial charge on any atom is 0.226 e. The molecule has 0 aliphatic heterocycles. The minimum Gasteiger partial charge on any atom is -0.338 e. The van der Waals surface area contributed by atoms with E-state index >= 15 is 0 Å². The molecule has 0 radical (unpaired) electrons. The van der Waals surface area contributed by atoms with Gasteiger partial charge < -0.3 is 10.2 Å². The highest BCUT2D eigenvalue weighted by molar-refractivity contribution is 6.30. The van der Waals surface area contributed by atoms with Crippen molar-refractivity contribution in [2.45, 2.75) is 33.7 Å². The third kappa shape index (κ3) is 5.91. The molecular formula is C20H23ClN2O2. The van der Waals surface area contributed by atoms with Crippen molar-refractivity contribution in [3.05, 3.63) is 64.2 Å². The first kappa shape index (κ1) is 19.0. The maximum atomic E-state index is 12.2. The van der Waals surface area contributed by atoms with Gasteiger partial charge in [0.25, 0.3) is 0 Å². The Bertz CT molecular complexity index is 757. The zero-order valence-corrected chi connectivity index (χ0v) is 15.6. The van der Waals surface area contributed by atoms with Crippen LogP contribution in [0, 0.1) is 13.8 Å². The lowest BCUT2D eigenvalue weighted by Gasteiger charge is -2.21. The van der Waals surface area contributed by atoms with Gasteiger partial charge in [0.1, 0.15) is 0 Å². The van der Waals surface area contributed by atoms with E-state index in [-0.39, 0.29) is 18.2 Å². The SMILES string of the molecule is CC(=O)N(CCC(=O)Nc1ccc(Cl)cc1C)Cc1ccc(C)cc1. The van der Waals surface area contributed by atoms with Crippen molar-refractivity contribution in [3.8, 4) is 0 Å². The summed E-state index contributed by atoms with van der Waals surface area (Å²) in [6, 6.07) is 13.4. The number of aryl methyl sites for hydroxylation is 2. The minimum atomic E-state index is -0.124. The Morgan fingerprint density at radius 3 is 2.36 bits per heavy atom. The van der Waals surface area contributed by atoms with Crippen molar-refractivity contribution >= 4 is 29.1 Å². The zero-order valence-electron chi connectivity index (χ0n) is 14.8. The number of nitrogens with zero attached hydrogens (tertiary/aromatic N) is 1. The van der Waals surface area contributed by atoms with Crippen LogP contribution in [0.4, 0.5) is 5.69 Å². The van der Waals surface area contributed by atoms with E-state index in [0.717, 1.165) is 16.8 Å². The van der Waals surface area contributed by atoms with Crippen molar-refractivity contribution in [1.82, 2.24) is 4.90 Å². The Kier molecular flexibility index (Phi) is 6.59. The number of nitrogens with one attached hydrogen (secondary N) is 1. The molecule has 0 atom stereocenters. The Morgan fingerprint density at radius 2 is 1.76 bits per heavy atom. The van der Waals surface area contributed by atoms with Crippen LogP contribution in [-0.2, 0) is 16.1 Å². The molecule has 5 heteroatoms. The number of hydrogen-bond donors (Lipinski definition) is 1. The molecule has 0 heterocycles.